The zero-order chi connectivity index (χ0) is 34.4. The number of carbonyl (C=O) groups is 5. The summed E-state index contributed by atoms with van der Waals surface area (Å²) in [6, 6.07) is 14.0. The van der Waals surface area contributed by atoms with Crippen molar-refractivity contribution in [3.63, 3.8) is 0 Å². The second-order valence-electron chi connectivity index (χ2n) is 12.3. The SMILES string of the molecule is CC(C)c1nc(C(=O)N2CCNC(=O)[C@H](Cc3ccccc3)NC(=O)[C@H](C)N(C)C(=O)[C@H](Cc3c[nH]c4ccccc34)NC(=O)C2)cs1. The van der Waals surface area contributed by atoms with Gasteiger partial charge in [-0.1, -0.05) is 62.4 Å². The Hall–Kier alpha value is -5.04. The number of para-hydroxylation sites is 1. The summed E-state index contributed by atoms with van der Waals surface area (Å²) in [5.74, 6) is -2.37. The van der Waals surface area contributed by atoms with Crippen LogP contribution in [0.25, 0.3) is 10.9 Å². The molecule has 0 radical (unpaired) electrons. The molecule has 1 aliphatic rings. The molecule has 0 spiro atoms. The van der Waals surface area contributed by atoms with Crippen molar-refractivity contribution in [2.75, 3.05) is 26.7 Å². The number of fused-ring (bicyclic) bond motifs is 1. The molecule has 1 aliphatic heterocycles. The number of benzene rings is 2. The number of amides is 5. The Morgan fingerprint density at radius 1 is 0.958 bits per heavy atom. The molecule has 4 aromatic rings. The summed E-state index contributed by atoms with van der Waals surface area (Å²) < 4.78 is 0. The van der Waals surface area contributed by atoms with Crippen molar-refractivity contribution in [2.24, 2.45) is 0 Å². The fourth-order valence-corrected chi connectivity index (χ4v) is 6.41. The number of hydrogen-bond donors (Lipinski definition) is 4. The maximum absolute atomic E-state index is 14.0. The molecular weight excluding hydrogens is 630 g/mol. The van der Waals surface area contributed by atoms with Crippen LogP contribution in [0, 0.1) is 0 Å². The van der Waals surface area contributed by atoms with E-state index >= 15 is 0 Å². The maximum Gasteiger partial charge on any atom is 0.273 e. The Labute approximate surface area is 283 Å². The number of aromatic amines is 1. The average Bonchev–Trinajstić information content (AvgIpc) is 3.74. The molecule has 5 rings (SSSR count). The minimum absolute atomic E-state index is 0.00407. The number of aromatic nitrogens is 2. The van der Waals surface area contributed by atoms with Crippen LogP contribution in [-0.2, 0) is 32.0 Å². The minimum atomic E-state index is -1.05. The van der Waals surface area contributed by atoms with Gasteiger partial charge in [0.15, 0.2) is 0 Å². The van der Waals surface area contributed by atoms with Gasteiger partial charge in [-0.05, 0) is 24.1 Å². The van der Waals surface area contributed by atoms with E-state index < -0.39 is 47.7 Å². The van der Waals surface area contributed by atoms with Gasteiger partial charge in [-0.2, -0.15) is 0 Å². The van der Waals surface area contributed by atoms with Crippen LogP contribution in [0.5, 0.6) is 0 Å². The molecule has 2 aromatic carbocycles. The second-order valence-corrected chi connectivity index (χ2v) is 13.2. The summed E-state index contributed by atoms with van der Waals surface area (Å²) in [6.45, 7) is 5.18. The molecular formula is C35H41N7O5S. The number of carbonyl (C=O) groups excluding carboxylic acids is 5. The topological polar surface area (TPSA) is 157 Å². The minimum Gasteiger partial charge on any atom is -0.361 e. The highest BCUT2D eigenvalue weighted by molar-refractivity contribution is 7.09. The molecule has 0 saturated carbocycles. The van der Waals surface area contributed by atoms with Crippen LogP contribution < -0.4 is 16.0 Å². The van der Waals surface area contributed by atoms with Gasteiger partial charge in [0, 0.05) is 61.4 Å². The van der Waals surface area contributed by atoms with Gasteiger partial charge >= 0.3 is 0 Å². The number of likely N-dealkylation sites (N-methyl/N-ethyl adjacent to an activating group) is 1. The van der Waals surface area contributed by atoms with Crippen LogP contribution in [0.1, 0.15) is 53.3 Å². The third-order valence-electron chi connectivity index (χ3n) is 8.49. The fourth-order valence-electron chi connectivity index (χ4n) is 5.60. The Morgan fingerprint density at radius 3 is 2.42 bits per heavy atom. The molecule has 5 amide bonds. The van der Waals surface area contributed by atoms with Crippen LogP contribution in [0.2, 0.25) is 0 Å². The lowest BCUT2D eigenvalue weighted by Gasteiger charge is -2.30. The van der Waals surface area contributed by atoms with Gasteiger partial charge in [0.05, 0.1) is 11.6 Å². The molecule has 1 saturated heterocycles. The van der Waals surface area contributed by atoms with E-state index in [0.717, 1.165) is 27.0 Å². The monoisotopic (exact) mass is 671 g/mol. The van der Waals surface area contributed by atoms with Crippen molar-refractivity contribution in [3.8, 4) is 0 Å². The average molecular weight is 672 g/mol. The molecule has 0 unspecified atom stereocenters. The van der Waals surface area contributed by atoms with Crippen LogP contribution in [0.4, 0.5) is 0 Å². The summed E-state index contributed by atoms with van der Waals surface area (Å²) >= 11 is 1.36. The zero-order valence-corrected chi connectivity index (χ0v) is 28.3. The van der Waals surface area contributed by atoms with Gasteiger partial charge in [0.25, 0.3) is 5.91 Å². The van der Waals surface area contributed by atoms with Gasteiger partial charge in [-0.3, -0.25) is 24.0 Å². The van der Waals surface area contributed by atoms with Crippen LogP contribution >= 0.6 is 11.3 Å². The first-order valence-electron chi connectivity index (χ1n) is 16.0. The molecule has 3 heterocycles. The van der Waals surface area contributed by atoms with E-state index in [1.165, 1.54) is 28.2 Å². The van der Waals surface area contributed by atoms with Crippen molar-refractivity contribution in [3.05, 3.63) is 88.0 Å². The lowest BCUT2D eigenvalue weighted by molar-refractivity contribution is -0.142. The van der Waals surface area contributed by atoms with Crippen molar-refractivity contribution in [1.82, 2.24) is 35.7 Å². The normalized spacial score (nSPS) is 20.2. The standard InChI is InChI=1S/C35H41N7O5S/c1-21(2)33-40-29(20-48-33)35(47)42-15-14-36-32(45)27(16-23-10-6-5-7-11-23)39-31(44)22(3)41(4)34(46)28(38-30(43)19-42)17-24-18-37-26-13-9-8-12-25(24)26/h5-13,18,20-22,27-28,37H,14-17,19H2,1-4H3,(H,36,45)(H,38,43)(H,39,44)/t22-,27-,28-/m0/s1. The summed E-state index contributed by atoms with van der Waals surface area (Å²) in [7, 11) is 1.50. The lowest BCUT2D eigenvalue weighted by Crippen LogP contribution is -2.57. The molecule has 2 aromatic heterocycles. The highest BCUT2D eigenvalue weighted by Crippen LogP contribution is 2.21. The molecule has 13 heteroatoms. The van der Waals surface area contributed by atoms with E-state index in [1.54, 1.807) is 18.5 Å². The molecule has 1 fully saturated rings. The predicted molar refractivity (Wildman–Crippen MR) is 183 cm³/mol. The third-order valence-corrected chi connectivity index (χ3v) is 9.64. The molecule has 3 atom stereocenters. The maximum atomic E-state index is 14.0. The molecule has 252 valence electrons. The van der Waals surface area contributed by atoms with E-state index in [0.29, 0.717) is 0 Å². The van der Waals surface area contributed by atoms with Gasteiger partial charge in [-0.25, -0.2) is 4.98 Å². The molecule has 0 aliphatic carbocycles. The van der Waals surface area contributed by atoms with E-state index in [1.807, 2.05) is 68.4 Å². The quantitative estimate of drug-likeness (QED) is 0.247. The van der Waals surface area contributed by atoms with Gasteiger partial charge in [-0.15, -0.1) is 11.3 Å². The van der Waals surface area contributed by atoms with Crippen LogP contribution in [0.3, 0.4) is 0 Å². The first-order valence-corrected chi connectivity index (χ1v) is 16.9. The molecule has 4 N–H and O–H groups in total. The van der Waals surface area contributed by atoms with E-state index in [9.17, 15) is 24.0 Å². The van der Waals surface area contributed by atoms with Crippen LogP contribution in [-0.4, -0.2) is 94.1 Å². The smallest absolute Gasteiger partial charge is 0.273 e. The fraction of sp³-hybridized carbons (Fsp3) is 0.371. The molecule has 12 nitrogen and oxygen atoms in total. The summed E-state index contributed by atoms with van der Waals surface area (Å²) in [6.07, 6.45) is 2.15. The number of H-pyrrole nitrogens is 1. The second kappa shape index (κ2) is 15.2. The van der Waals surface area contributed by atoms with Gasteiger partial charge in [0.2, 0.25) is 23.6 Å². The number of nitrogens with one attached hydrogen (secondary N) is 4. The Balaban J connectivity index is 1.47. The summed E-state index contributed by atoms with van der Waals surface area (Å²) in [4.78, 5) is 78.6. The number of nitrogens with zero attached hydrogens (tertiary/aromatic N) is 3. The Morgan fingerprint density at radius 2 is 1.69 bits per heavy atom. The first-order chi connectivity index (χ1) is 23.0. The lowest BCUT2D eigenvalue weighted by atomic mass is 10.0. The summed E-state index contributed by atoms with van der Waals surface area (Å²) in [5.41, 5.74) is 2.73. The Bertz CT molecular complexity index is 1790. The van der Waals surface area contributed by atoms with Crippen molar-refractivity contribution in [1.29, 1.82) is 0 Å². The van der Waals surface area contributed by atoms with Crippen molar-refractivity contribution in [2.45, 2.75) is 57.7 Å². The van der Waals surface area contributed by atoms with Gasteiger partial charge < -0.3 is 30.7 Å². The van der Waals surface area contributed by atoms with E-state index in [2.05, 4.69) is 25.9 Å². The van der Waals surface area contributed by atoms with Crippen LogP contribution in [0.15, 0.2) is 66.2 Å². The first kappa shape index (κ1) is 34.3. The molecule has 0 bridgehead atoms. The third kappa shape index (κ3) is 8.08. The largest absolute Gasteiger partial charge is 0.361 e. The number of hydrogen-bond acceptors (Lipinski definition) is 7. The zero-order valence-electron chi connectivity index (χ0n) is 27.5. The number of thiazole rings is 1. The van der Waals surface area contributed by atoms with Gasteiger partial charge in [0.1, 0.15) is 23.8 Å². The highest BCUT2D eigenvalue weighted by atomic mass is 32.1. The summed E-state index contributed by atoms with van der Waals surface area (Å²) in [5, 5.41) is 11.8. The highest BCUT2D eigenvalue weighted by Gasteiger charge is 2.33. The Kier molecular flexibility index (Phi) is 10.9. The number of rotatable bonds is 6. The van der Waals surface area contributed by atoms with Crippen molar-refractivity contribution >= 4 is 51.8 Å². The molecule has 48 heavy (non-hydrogen) atoms. The van der Waals surface area contributed by atoms with E-state index in [4.69, 9.17) is 0 Å². The predicted octanol–water partition coefficient (Wildman–Crippen LogP) is 2.62. The van der Waals surface area contributed by atoms with E-state index in [-0.39, 0.29) is 44.1 Å². The van der Waals surface area contributed by atoms with Crippen molar-refractivity contribution < 1.29 is 24.0 Å².